The summed E-state index contributed by atoms with van der Waals surface area (Å²) in [5.41, 5.74) is 3.72. The predicted molar refractivity (Wildman–Crippen MR) is 126 cm³/mol. The van der Waals surface area contributed by atoms with Crippen molar-refractivity contribution in [3.63, 3.8) is 0 Å². The maximum Gasteiger partial charge on any atom is 0.347 e. The van der Waals surface area contributed by atoms with Crippen molar-refractivity contribution in [3.05, 3.63) is 74.4 Å². The number of carbonyl (C=O) groups excluding carboxylic acids is 1. The van der Waals surface area contributed by atoms with Crippen LogP contribution in [0, 0.1) is 0 Å². The van der Waals surface area contributed by atoms with Crippen molar-refractivity contribution in [2.75, 3.05) is 38.0 Å². The number of hydrogen-bond acceptors (Lipinski definition) is 5. The van der Waals surface area contributed by atoms with E-state index in [2.05, 4.69) is 65.5 Å². The Bertz CT molecular complexity index is 1180. The summed E-state index contributed by atoms with van der Waals surface area (Å²) < 4.78 is 2.70. The summed E-state index contributed by atoms with van der Waals surface area (Å²) in [7, 11) is 0. The van der Waals surface area contributed by atoms with Gasteiger partial charge in [-0.15, -0.1) is 0 Å². The van der Waals surface area contributed by atoms with E-state index in [1.165, 1.54) is 5.56 Å². The fourth-order valence-electron chi connectivity index (χ4n) is 4.43. The smallest absolute Gasteiger partial charge is 0.325 e. The van der Waals surface area contributed by atoms with Crippen molar-refractivity contribution in [1.29, 1.82) is 0 Å². The van der Waals surface area contributed by atoms with Gasteiger partial charge >= 0.3 is 5.69 Å². The Morgan fingerprint density at radius 1 is 1.03 bits per heavy atom. The van der Waals surface area contributed by atoms with E-state index in [0.29, 0.717) is 13.0 Å². The van der Waals surface area contributed by atoms with Crippen LogP contribution < -0.4 is 11.0 Å². The molecule has 166 valence electrons. The summed E-state index contributed by atoms with van der Waals surface area (Å²) in [6.07, 6.45) is 1.50. The van der Waals surface area contributed by atoms with E-state index in [-0.39, 0.29) is 11.6 Å². The molecule has 32 heavy (non-hydrogen) atoms. The molecule has 2 aliphatic heterocycles. The molecule has 8 nitrogen and oxygen atoms in total. The van der Waals surface area contributed by atoms with Gasteiger partial charge in [-0.3, -0.25) is 14.6 Å². The van der Waals surface area contributed by atoms with Gasteiger partial charge in [0.25, 0.3) is 0 Å². The largest absolute Gasteiger partial charge is 0.347 e. The fourth-order valence-corrected chi connectivity index (χ4v) is 4.70. The van der Waals surface area contributed by atoms with Crippen molar-refractivity contribution in [3.8, 4) is 5.69 Å². The number of aromatic nitrogens is 3. The molecule has 3 aromatic rings. The average molecular weight is 497 g/mol. The highest BCUT2D eigenvalue weighted by atomic mass is 79.9. The van der Waals surface area contributed by atoms with E-state index in [1.807, 2.05) is 18.2 Å². The Kier molecular flexibility index (Phi) is 5.95. The molecule has 0 spiro atoms. The van der Waals surface area contributed by atoms with Gasteiger partial charge in [-0.05, 0) is 47.9 Å². The lowest BCUT2D eigenvalue weighted by atomic mass is 10.0. The number of nitrogens with one attached hydrogen (secondary N) is 2. The maximum atomic E-state index is 12.6. The number of halogens is 1. The second kappa shape index (κ2) is 9.01. The Labute approximate surface area is 194 Å². The van der Waals surface area contributed by atoms with E-state index in [4.69, 9.17) is 0 Å². The summed E-state index contributed by atoms with van der Waals surface area (Å²) in [6.45, 7) is 4.97. The normalized spacial score (nSPS) is 16.4. The van der Waals surface area contributed by atoms with Crippen LogP contribution in [0.2, 0.25) is 0 Å². The lowest BCUT2D eigenvalue weighted by Gasteiger charge is -2.34. The van der Waals surface area contributed by atoms with Crippen LogP contribution >= 0.6 is 15.9 Å². The number of rotatable bonds is 5. The molecule has 2 N–H and O–H groups in total. The molecule has 0 radical (unpaired) electrons. The zero-order chi connectivity index (χ0) is 22.1. The van der Waals surface area contributed by atoms with E-state index >= 15 is 0 Å². The van der Waals surface area contributed by atoms with Crippen molar-refractivity contribution < 1.29 is 4.79 Å². The number of H-pyrrole nitrogens is 1. The number of anilines is 1. The first-order valence-corrected chi connectivity index (χ1v) is 11.6. The number of nitrogens with zero attached hydrogens (tertiary/aromatic N) is 4. The second-order valence-electron chi connectivity index (χ2n) is 8.35. The van der Waals surface area contributed by atoms with Gasteiger partial charge in [-0.25, -0.2) is 14.5 Å². The first-order chi connectivity index (χ1) is 15.5. The zero-order valence-corrected chi connectivity index (χ0v) is 19.3. The molecule has 9 heteroatoms. The van der Waals surface area contributed by atoms with Crippen LogP contribution in [-0.4, -0.2) is 63.2 Å². The summed E-state index contributed by atoms with van der Waals surface area (Å²) >= 11 is 3.48. The third-order valence-corrected chi connectivity index (χ3v) is 6.64. The Morgan fingerprint density at radius 2 is 1.78 bits per heavy atom. The van der Waals surface area contributed by atoms with Crippen LogP contribution in [0.1, 0.15) is 17.0 Å². The summed E-state index contributed by atoms with van der Waals surface area (Å²) in [5.74, 6) is 0.738. The molecule has 0 bridgehead atoms. The van der Waals surface area contributed by atoms with Crippen molar-refractivity contribution >= 4 is 27.5 Å². The molecule has 0 unspecified atom stereocenters. The lowest BCUT2D eigenvalue weighted by Crippen LogP contribution is -2.48. The van der Waals surface area contributed by atoms with Gasteiger partial charge in [0, 0.05) is 49.3 Å². The zero-order valence-electron chi connectivity index (χ0n) is 17.7. The second-order valence-corrected chi connectivity index (χ2v) is 9.27. The predicted octanol–water partition coefficient (Wildman–Crippen LogP) is 2.18. The summed E-state index contributed by atoms with van der Waals surface area (Å²) in [5, 5.41) is 9.59. The van der Waals surface area contributed by atoms with Gasteiger partial charge < -0.3 is 5.32 Å². The van der Waals surface area contributed by atoms with Crippen LogP contribution in [-0.2, 0) is 24.2 Å². The molecule has 2 aliphatic rings. The van der Waals surface area contributed by atoms with Gasteiger partial charge in [-0.2, -0.15) is 5.10 Å². The monoisotopic (exact) mass is 496 g/mol. The minimum Gasteiger partial charge on any atom is -0.325 e. The Morgan fingerprint density at radius 3 is 2.56 bits per heavy atom. The molecule has 1 saturated heterocycles. The molecule has 0 atom stereocenters. The number of benzene rings is 2. The van der Waals surface area contributed by atoms with Crippen LogP contribution in [0.15, 0.2) is 51.7 Å². The third-order valence-electron chi connectivity index (χ3n) is 6.12. The molecular formula is C23H25BrN6O2. The van der Waals surface area contributed by atoms with Crippen molar-refractivity contribution in [2.45, 2.75) is 19.4 Å². The highest BCUT2D eigenvalue weighted by molar-refractivity contribution is 9.10. The van der Waals surface area contributed by atoms with Crippen molar-refractivity contribution in [1.82, 2.24) is 24.6 Å². The number of piperazine rings is 1. The average Bonchev–Trinajstić information content (AvgIpc) is 3.17. The minimum atomic E-state index is -0.225. The topological polar surface area (TPSA) is 86.3 Å². The van der Waals surface area contributed by atoms with E-state index in [0.717, 1.165) is 66.4 Å². The van der Waals surface area contributed by atoms with E-state index in [1.54, 1.807) is 4.57 Å². The van der Waals surface area contributed by atoms with Crippen LogP contribution in [0.4, 0.5) is 5.69 Å². The number of amides is 1. The maximum absolute atomic E-state index is 12.6. The highest BCUT2D eigenvalue weighted by Gasteiger charge is 2.21. The first kappa shape index (κ1) is 21.1. The summed E-state index contributed by atoms with van der Waals surface area (Å²) in [6, 6.07) is 14.1. The summed E-state index contributed by atoms with van der Waals surface area (Å²) in [4.78, 5) is 29.3. The number of aromatic amines is 1. The Hall–Kier alpha value is -2.75. The van der Waals surface area contributed by atoms with Gasteiger partial charge in [0.1, 0.15) is 5.82 Å². The van der Waals surface area contributed by atoms with Gasteiger partial charge in [0.2, 0.25) is 5.91 Å². The van der Waals surface area contributed by atoms with Crippen LogP contribution in [0.5, 0.6) is 0 Å². The van der Waals surface area contributed by atoms with E-state index < -0.39 is 0 Å². The third kappa shape index (κ3) is 4.55. The number of carbonyl (C=O) groups is 1. The molecule has 1 fully saturated rings. The molecule has 1 amide bonds. The minimum absolute atomic E-state index is 0.0108. The number of aryl methyl sites for hydroxylation is 2. The first-order valence-electron chi connectivity index (χ1n) is 10.8. The molecule has 3 heterocycles. The molecule has 0 aliphatic carbocycles. The van der Waals surface area contributed by atoms with Crippen LogP contribution in [0.25, 0.3) is 5.69 Å². The molecule has 1 aromatic heterocycles. The highest BCUT2D eigenvalue weighted by Crippen LogP contribution is 2.25. The fraction of sp³-hybridized carbons (Fsp3) is 0.348. The lowest BCUT2D eigenvalue weighted by molar-refractivity contribution is -0.117. The van der Waals surface area contributed by atoms with E-state index in [9.17, 15) is 9.59 Å². The Balaban J connectivity index is 1.14. The molecule has 0 saturated carbocycles. The van der Waals surface area contributed by atoms with Gasteiger partial charge in [-0.1, -0.05) is 28.1 Å². The molecule has 5 rings (SSSR count). The molecule has 2 aromatic carbocycles. The molecular weight excluding hydrogens is 472 g/mol. The van der Waals surface area contributed by atoms with Gasteiger partial charge in [0.05, 0.1) is 12.2 Å². The van der Waals surface area contributed by atoms with Gasteiger partial charge in [0.15, 0.2) is 0 Å². The number of hydrogen-bond donors (Lipinski definition) is 2. The number of fused-ring (bicyclic) bond motifs is 3. The standard InChI is InChI=1S/C23H25BrN6O2/c24-18-4-1-16(2-5-18)14-28-9-11-29(12-10-28)15-22(31)25-19-6-7-20-17(13-19)3-8-21-26-27-23(32)30(20)21/h1-2,4-7,13H,3,8-12,14-15H2,(H,25,31)(H,27,32). The SMILES string of the molecule is O=C(CN1CCN(Cc2ccc(Br)cc2)CC1)Nc1ccc2c(c1)CCc1n[nH]c(=O)n1-2. The quantitative estimate of drug-likeness (QED) is 0.565. The van der Waals surface area contributed by atoms with Crippen LogP contribution in [0.3, 0.4) is 0 Å². The van der Waals surface area contributed by atoms with Crippen molar-refractivity contribution in [2.24, 2.45) is 0 Å².